The number of rotatable bonds is 9. The zero-order valence-corrected chi connectivity index (χ0v) is 7.80. The largest absolute Gasteiger partial charge is 0.502 e. The average molecular weight is 172 g/mol. The molecule has 0 aromatic carbocycles. The number of hydrogen-bond acceptors (Lipinski definition) is 2. The first-order chi connectivity index (χ1) is 5.91. The summed E-state index contributed by atoms with van der Waals surface area (Å²) in [6.07, 6.45) is 8.41. The maximum Gasteiger partial charge on any atom is 0.0873 e. The Morgan fingerprint density at radius 3 is 2.17 bits per heavy atom. The Morgan fingerprint density at radius 2 is 1.58 bits per heavy atom. The van der Waals surface area contributed by atoms with Gasteiger partial charge in [0.25, 0.3) is 0 Å². The molecule has 0 atom stereocenters. The van der Waals surface area contributed by atoms with Gasteiger partial charge in [-0.15, -0.1) is 0 Å². The van der Waals surface area contributed by atoms with E-state index in [1.165, 1.54) is 25.5 Å². The fraction of sp³-hybridized carbons (Fsp3) is 0.800. The van der Waals surface area contributed by atoms with E-state index in [9.17, 15) is 0 Å². The molecule has 72 valence electrons. The predicted octanol–water partition coefficient (Wildman–Crippen LogP) is 2.48. The van der Waals surface area contributed by atoms with Gasteiger partial charge in [0, 0.05) is 6.61 Å². The molecule has 2 nitrogen and oxygen atoms in total. The SMILES string of the molecule is C=COCCCCCCCCO. The lowest BCUT2D eigenvalue weighted by Gasteiger charge is -2.00. The minimum Gasteiger partial charge on any atom is -0.502 e. The lowest BCUT2D eigenvalue weighted by Crippen LogP contribution is -1.88. The molecule has 0 spiro atoms. The van der Waals surface area contributed by atoms with Crippen LogP contribution in [0, 0.1) is 0 Å². The van der Waals surface area contributed by atoms with Crippen LogP contribution in [0.15, 0.2) is 12.8 Å². The number of hydrogen-bond donors (Lipinski definition) is 1. The van der Waals surface area contributed by atoms with Crippen LogP contribution >= 0.6 is 0 Å². The molecule has 0 aromatic rings. The molecular formula is C10H20O2. The first-order valence-electron chi connectivity index (χ1n) is 4.75. The highest BCUT2D eigenvalue weighted by molar-refractivity contribution is 4.50. The van der Waals surface area contributed by atoms with Crippen molar-refractivity contribution in [3.8, 4) is 0 Å². The van der Waals surface area contributed by atoms with Crippen molar-refractivity contribution in [1.29, 1.82) is 0 Å². The van der Waals surface area contributed by atoms with E-state index in [0.717, 1.165) is 25.9 Å². The molecule has 0 radical (unpaired) electrons. The van der Waals surface area contributed by atoms with Gasteiger partial charge in [-0.25, -0.2) is 0 Å². The third kappa shape index (κ3) is 9.50. The van der Waals surface area contributed by atoms with E-state index in [-0.39, 0.29) is 0 Å². The molecule has 0 fully saturated rings. The summed E-state index contributed by atoms with van der Waals surface area (Å²) >= 11 is 0. The Balaban J connectivity index is 2.77. The maximum atomic E-state index is 8.51. The summed E-state index contributed by atoms with van der Waals surface area (Å²) < 4.78 is 4.99. The molecular weight excluding hydrogens is 152 g/mol. The standard InChI is InChI=1S/C10H20O2/c1-2-12-10-8-6-4-3-5-7-9-11/h2,11H,1,3-10H2. The van der Waals surface area contributed by atoms with Gasteiger partial charge in [0.15, 0.2) is 0 Å². The molecule has 12 heavy (non-hydrogen) atoms. The van der Waals surface area contributed by atoms with Crippen LogP contribution in [0.25, 0.3) is 0 Å². The molecule has 0 heterocycles. The Bertz CT molecular complexity index is 91.8. The molecule has 0 aromatic heterocycles. The van der Waals surface area contributed by atoms with E-state index in [1.807, 2.05) is 0 Å². The Labute approximate surface area is 75.2 Å². The number of ether oxygens (including phenoxy) is 1. The van der Waals surface area contributed by atoms with Gasteiger partial charge in [0.1, 0.15) is 0 Å². The van der Waals surface area contributed by atoms with Crippen molar-refractivity contribution in [2.24, 2.45) is 0 Å². The summed E-state index contributed by atoms with van der Waals surface area (Å²) in [6.45, 7) is 4.60. The van der Waals surface area contributed by atoms with Gasteiger partial charge >= 0.3 is 0 Å². The Kier molecular flexibility index (Phi) is 10.1. The summed E-state index contributed by atoms with van der Waals surface area (Å²) in [6, 6.07) is 0. The van der Waals surface area contributed by atoms with Crippen LogP contribution in [0.3, 0.4) is 0 Å². The fourth-order valence-corrected chi connectivity index (χ4v) is 1.09. The highest BCUT2D eigenvalue weighted by atomic mass is 16.5. The van der Waals surface area contributed by atoms with Gasteiger partial charge in [-0.05, 0) is 12.8 Å². The van der Waals surface area contributed by atoms with Gasteiger partial charge < -0.3 is 9.84 Å². The van der Waals surface area contributed by atoms with Crippen LogP contribution < -0.4 is 0 Å². The van der Waals surface area contributed by atoms with E-state index in [4.69, 9.17) is 9.84 Å². The Morgan fingerprint density at radius 1 is 1.00 bits per heavy atom. The molecule has 0 aliphatic heterocycles. The molecule has 0 saturated heterocycles. The smallest absolute Gasteiger partial charge is 0.0873 e. The second-order valence-electron chi connectivity index (χ2n) is 2.88. The molecule has 0 unspecified atom stereocenters. The van der Waals surface area contributed by atoms with Crippen LogP contribution in [0.4, 0.5) is 0 Å². The molecule has 1 N–H and O–H groups in total. The van der Waals surface area contributed by atoms with Crippen molar-refractivity contribution in [3.63, 3.8) is 0 Å². The molecule has 2 heteroatoms. The molecule has 0 aliphatic rings. The normalized spacial score (nSPS) is 9.75. The van der Waals surface area contributed by atoms with E-state index in [0.29, 0.717) is 6.61 Å². The predicted molar refractivity (Wildman–Crippen MR) is 50.9 cm³/mol. The molecule has 0 rings (SSSR count). The number of aliphatic hydroxyl groups excluding tert-OH is 1. The topological polar surface area (TPSA) is 29.5 Å². The van der Waals surface area contributed by atoms with Crippen molar-refractivity contribution < 1.29 is 9.84 Å². The lowest BCUT2D eigenvalue weighted by atomic mass is 10.1. The lowest BCUT2D eigenvalue weighted by molar-refractivity contribution is 0.241. The number of aliphatic hydroxyl groups is 1. The summed E-state index contributed by atoms with van der Waals surface area (Å²) in [7, 11) is 0. The van der Waals surface area contributed by atoms with Crippen LogP contribution in [-0.4, -0.2) is 18.3 Å². The summed E-state index contributed by atoms with van der Waals surface area (Å²) in [5.41, 5.74) is 0. The monoisotopic (exact) mass is 172 g/mol. The van der Waals surface area contributed by atoms with E-state index >= 15 is 0 Å². The highest BCUT2D eigenvalue weighted by Crippen LogP contribution is 2.04. The van der Waals surface area contributed by atoms with Crippen LogP contribution in [0.2, 0.25) is 0 Å². The molecule has 0 saturated carbocycles. The Hall–Kier alpha value is -0.500. The molecule has 0 bridgehead atoms. The quantitative estimate of drug-likeness (QED) is 0.427. The number of unbranched alkanes of at least 4 members (excludes halogenated alkanes) is 5. The second-order valence-corrected chi connectivity index (χ2v) is 2.88. The van der Waals surface area contributed by atoms with Gasteiger partial charge in [-0.1, -0.05) is 32.3 Å². The molecule has 0 aliphatic carbocycles. The zero-order valence-electron chi connectivity index (χ0n) is 7.80. The summed E-state index contributed by atoms with van der Waals surface area (Å²) in [5.74, 6) is 0. The van der Waals surface area contributed by atoms with Gasteiger partial charge in [0.2, 0.25) is 0 Å². The van der Waals surface area contributed by atoms with E-state index < -0.39 is 0 Å². The van der Waals surface area contributed by atoms with Crippen LogP contribution in [0.5, 0.6) is 0 Å². The van der Waals surface area contributed by atoms with Crippen molar-refractivity contribution >= 4 is 0 Å². The minimum atomic E-state index is 0.333. The van der Waals surface area contributed by atoms with E-state index in [1.54, 1.807) is 0 Å². The van der Waals surface area contributed by atoms with Gasteiger partial charge in [-0.2, -0.15) is 0 Å². The van der Waals surface area contributed by atoms with Crippen LogP contribution in [-0.2, 0) is 4.74 Å². The third-order valence-electron chi connectivity index (χ3n) is 1.79. The summed E-state index contributed by atoms with van der Waals surface area (Å²) in [5, 5.41) is 8.51. The van der Waals surface area contributed by atoms with Gasteiger partial charge in [-0.3, -0.25) is 0 Å². The second kappa shape index (κ2) is 10.5. The highest BCUT2D eigenvalue weighted by Gasteiger charge is 1.89. The van der Waals surface area contributed by atoms with E-state index in [2.05, 4.69) is 6.58 Å². The fourth-order valence-electron chi connectivity index (χ4n) is 1.09. The van der Waals surface area contributed by atoms with Crippen LogP contribution in [0.1, 0.15) is 38.5 Å². The zero-order chi connectivity index (χ0) is 9.07. The van der Waals surface area contributed by atoms with Gasteiger partial charge in [0.05, 0.1) is 12.9 Å². The van der Waals surface area contributed by atoms with Crippen molar-refractivity contribution in [2.45, 2.75) is 38.5 Å². The van der Waals surface area contributed by atoms with Crippen molar-refractivity contribution in [2.75, 3.05) is 13.2 Å². The average Bonchev–Trinajstić information content (AvgIpc) is 2.10. The minimum absolute atomic E-state index is 0.333. The first kappa shape index (κ1) is 11.5. The van der Waals surface area contributed by atoms with Crippen molar-refractivity contribution in [3.05, 3.63) is 12.8 Å². The summed E-state index contributed by atoms with van der Waals surface area (Å²) in [4.78, 5) is 0. The molecule has 0 amide bonds. The third-order valence-corrected chi connectivity index (χ3v) is 1.79. The van der Waals surface area contributed by atoms with Crippen molar-refractivity contribution in [1.82, 2.24) is 0 Å². The maximum absolute atomic E-state index is 8.51. The first-order valence-corrected chi connectivity index (χ1v) is 4.75.